The van der Waals surface area contributed by atoms with Gasteiger partial charge in [-0.3, -0.25) is 0 Å². The number of nitrogens with one attached hydrogen (secondary N) is 1. The SMILES string of the molecule is Cc1ccc(CC(NCl)B2OC(C)(C)C(C)(C)O2)cc1. The molecule has 0 spiro atoms. The highest BCUT2D eigenvalue weighted by atomic mass is 35.5. The van der Waals surface area contributed by atoms with Gasteiger partial charge in [-0.25, -0.2) is 4.84 Å². The Morgan fingerprint density at radius 1 is 1.10 bits per heavy atom. The summed E-state index contributed by atoms with van der Waals surface area (Å²) in [5, 5.41) is 0. The van der Waals surface area contributed by atoms with Crippen LogP contribution in [0.25, 0.3) is 0 Å². The van der Waals surface area contributed by atoms with Crippen LogP contribution < -0.4 is 4.84 Å². The number of benzene rings is 1. The Morgan fingerprint density at radius 3 is 2.05 bits per heavy atom. The Balaban J connectivity index is 2.08. The molecule has 0 aromatic heterocycles. The highest BCUT2D eigenvalue weighted by Gasteiger charge is 2.53. The molecule has 1 fully saturated rings. The molecule has 3 nitrogen and oxygen atoms in total. The fraction of sp³-hybridized carbons (Fsp3) is 0.600. The molecule has 5 heteroatoms. The Labute approximate surface area is 127 Å². The predicted octanol–water partition coefficient (Wildman–Crippen LogP) is 3.28. The fourth-order valence-corrected chi connectivity index (χ4v) is 2.40. The van der Waals surface area contributed by atoms with E-state index in [1.807, 2.05) is 27.7 Å². The van der Waals surface area contributed by atoms with Gasteiger partial charge >= 0.3 is 7.12 Å². The lowest BCUT2D eigenvalue weighted by atomic mass is 9.75. The monoisotopic (exact) mass is 295 g/mol. The molecule has 0 radical (unpaired) electrons. The topological polar surface area (TPSA) is 30.5 Å². The third kappa shape index (κ3) is 3.20. The molecule has 2 rings (SSSR count). The molecule has 1 N–H and O–H groups in total. The van der Waals surface area contributed by atoms with Crippen LogP contribution in [0.2, 0.25) is 0 Å². The minimum Gasteiger partial charge on any atom is -0.402 e. The summed E-state index contributed by atoms with van der Waals surface area (Å²) in [5.41, 5.74) is 1.79. The summed E-state index contributed by atoms with van der Waals surface area (Å²) in [6.07, 6.45) is 0.764. The van der Waals surface area contributed by atoms with Gasteiger partial charge in [0.15, 0.2) is 0 Å². The molecular weight excluding hydrogens is 272 g/mol. The van der Waals surface area contributed by atoms with E-state index in [0.717, 1.165) is 6.42 Å². The molecule has 1 aromatic carbocycles. The average Bonchev–Trinajstić information content (AvgIpc) is 2.57. The maximum absolute atomic E-state index is 6.04. The zero-order chi connectivity index (χ0) is 15.0. The Bertz CT molecular complexity index is 445. The van der Waals surface area contributed by atoms with Crippen molar-refractivity contribution in [3.05, 3.63) is 35.4 Å². The van der Waals surface area contributed by atoms with Gasteiger partial charge in [0.2, 0.25) is 0 Å². The van der Waals surface area contributed by atoms with E-state index in [9.17, 15) is 0 Å². The van der Waals surface area contributed by atoms with Gasteiger partial charge in [-0.05, 0) is 58.4 Å². The van der Waals surface area contributed by atoms with E-state index in [-0.39, 0.29) is 24.3 Å². The van der Waals surface area contributed by atoms with Gasteiger partial charge in [-0.15, -0.1) is 0 Å². The van der Waals surface area contributed by atoms with Gasteiger partial charge in [0.05, 0.1) is 17.1 Å². The molecule has 0 saturated carbocycles. The van der Waals surface area contributed by atoms with Crippen LogP contribution in [0.15, 0.2) is 24.3 Å². The second-order valence-electron chi connectivity index (χ2n) is 6.53. The number of hydrogen-bond donors (Lipinski definition) is 1. The van der Waals surface area contributed by atoms with Crippen LogP contribution in [0.5, 0.6) is 0 Å². The van der Waals surface area contributed by atoms with Crippen molar-refractivity contribution in [2.45, 2.75) is 58.2 Å². The molecule has 1 aliphatic heterocycles. The van der Waals surface area contributed by atoms with Crippen molar-refractivity contribution in [1.29, 1.82) is 0 Å². The van der Waals surface area contributed by atoms with Gasteiger partial charge in [0.1, 0.15) is 0 Å². The molecular formula is C15H23BClNO2. The van der Waals surface area contributed by atoms with E-state index < -0.39 is 0 Å². The largest absolute Gasteiger partial charge is 0.477 e. The highest BCUT2D eigenvalue weighted by Crippen LogP contribution is 2.37. The van der Waals surface area contributed by atoms with Crippen molar-refractivity contribution in [3.8, 4) is 0 Å². The highest BCUT2D eigenvalue weighted by molar-refractivity contribution is 6.48. The van der Waals surface area contributed by atoms with Crippen molar-refractivity contribution in [2.75, 3.05) is 0 Å². The number of hydrogen-bond acceptors (Lipinski definition) is 3. The van der Waals surface area contributed by atoms with Crippen LogP contribution in [0.3, 0.4) is 0 Å². The molecule has 0 bridgehead atoms. The number of halogens is 1. The molecule has 0 aliphatic carbocycles. The molecule has 1 unspecified atom stereocenters. The molecule has 110 valence electrons. The summed E-state index contributed by atoms with van der Waals surface area (Å²) in [5.74, 6) is -0.0829. The van der Waals surface area contributed by atoms with E-state index in [0.29, 0.717) is 0 Å². The molecule has 20 heavy (non-hydrogen) atoms. The van der Waals surface area contributed by atoms with Crippen LogP contribution in [0, 0.1) is 6.92 Å². The van der Waals surface area contributed by atoms with Gasteiger partial charge in [-0.2, -0.15) is 0 Å². The summed E-state index contributed by atoms with van der Waals surface area (Å²) in [4.78, 5) is 2.80. The summed E-state index contributed by atoms with van der Waals surface area (Å²) in [7, 11) is -0.348. The van der Waals surface area contributed by atoms with Gasteiger partial charge in [0.25, 0.3) is 0 Å². The summed E-state index contributed by atoms with van der Waals surface area (Å²) >= 11 is 5.90. The van der Waals surface area contributed by atoms with E-state index in [1.165, 1.54) is 11.1 Å². The van der Waals surface area contributed by atoms with E-state index in [2.05, 4.69) is 36.0 Å². The van der Waals surface area contributed by atoms with Crippen molar-refractivity contribution in [1.82, 2.24) is 4.84 Å². The Morgan fingerprint density at radius 2 is 1.60 bits per heavy atom. The van der Waals surface area contributed by atoms with E-state index in [4.69, 9.17) is 21.1 Å². The van der Waals surface area contributed by atoms with Gasteiger partial charge in [-0.1, -0.05) is 29.8 Å². The Kier molecular flexibility index (Phi) is 4.50. The lowest BCUT2D eigenvalue weighted by Gasteiger charge is -2.32. The van der Waals surface area contributed by atoms with Crippen LogP contribution in [0.1, 0.15) is 38.8 Å². The standard InChI is InChI=1S/C15H23BClNO2/c1-11-6-8-12(9-7-11)10-13(18-17)16-19-14(2,3)15(4,5)20-16/h6-9,13,18H,10H2,1-5H3. The second kappa shape index (κ2) is 5.68. The summed E-state index contributed by atoms with van der Waals surface area (Å²) in [6, 6.07) is 8.43. The normalized spacial score (nSPS) is 22.0. The van der Waals surface area contributed by atoms with Gasteiger partial charge in [0, 0.05) is 0 Å². The molecule has 1 aliphatic rings. The zero-order valence-electron chi connectivity index (χ0n) is 12.9. The smallest absolute Gasteiger partial charge is 0.402 e. The number of rotatable bonds is 4. The maximum atomic E-state index is 6.04. The average molecular weight is 296 g/mol. The van der Waals surface area contributed by atoms with Crippen LogP contribution >= 0.6 is 11.8 Å². The molecule has 1 aromatic rings. The van der Waals surface area contributed by atoms with Crippen LogP contribution in [-0.4, -0.2) is 24.3 Å². The minimum absolute atomic E-state index is 0.0829. The zero-order valence-corrected chi connectivity index (χ0v) is 13.6. The third-order valence-corrected chi connectivity index (χ3v) is 4.60. The van der Waals surface area contributed by atoms with Crippen LogP contribution in [0.4, 0.5) is 0 Å². The molecule has 1 heterocycles. The van der Waals surface area contributed by atoms with Crippen LogP contribution in [-0.2, 0) is 15.7 Å². The summed E-state index contributed by atoms with van der Waals surface area (Å²) in [6.45, 7) is 10.3. The summed E-state index contributed by atoms with van der Waals surface area (Å²) < 4.78 is 12.1. The van der Waals surface area contributed by atoms with Gasteiger partial charge < -0.3 is 9.31 Å². The first-order valence-electron chi connectivity index (χ1n) is 7.02. The first kappa shape index (κ1) is 15.8. The van der Waals surface area contributed by atoms with Crippen molar-refractivity contribution >= 4 is 18.9 Å². The minimum atomic E-state index is -0.348. The fourth-order valence-electron chi connectivity index (χ4n) is 2.22. The van der Waals surface area contributed by atoms with Crippen molar-refractivity contribution in [2.24, 2.45) is 0 Å². The predicted molar refractivity (Wildman–Crippen MR) is 83.7 cm³/mol. The maximum Gasteiger partial charge on any atom is 0.477 e. The first-order valence-corrected chi connectivity index (χ1v) is 7.40. The molecule has 0 amide bonds. The lowest BCUT2D eigenvalue weighted by Crippen LogP contribution is -2.43. The molecule has 1 atom stereocenters. The Hall–Kier alpha value is -0.545. The molecule has 1 saturated heterocycles. The van der Waals surface area contributed by atoms with Crippen molar-refractivity contribution < 1.29 is 9.31 Å². The van der Waals surface area contributed by atoms with Crippen molar-refractivity contribution in [3.63, 3.8) is 0 Å². The lowest BCUT2D eigenvalue weighted by molar-refractivity contribution is 0.00578. The number of aryl methyl sites for hydroxylation is 1. The quantitative estimate of drug-likeness (QED) is 0.683. The van der Waals surface area contributed by atoms with E-state index in [1.54, 1.807) is 0 Å². The van der Waals surface area contributed by atoms with E-state index >= 15 is 0 Å². The third-order valence-electron chi connectivity index (χ3n) is 4.32. The second-order valence-corrected chi connectivity index (χ2v) is 6.75. The first-order chi connectivity index (χ1) is 9.25.